The summed E-state index contributed by atoms with van der Waals surface area (Å²) in [6.07, 6.45) is 4.59. The molecule has 0 bridgehead atoms. The van der Waals surface area contributed by atoms with Crippen LogP contribution in [0.25, 0.3) is 11.7 Å². The van der Waals surface area contributed by atoms with Gasteiger partial charge in [0.2, 0.25) is 0 Å². The van der Waals surface area contributed by atoms with Crippen molar-refractivity contribution in [1.82, 2.24) is 14.3 Å². The van der Waals surface area contributed by atoms with Gasteiger partial charge in [-0.2, -0.15) is 0 Å². The molecule has 2 aliphatic rings. The predicted molar refractivity (Wildman–Crippen MR) is 127 cm³/mol. The fourth-order valence-corrected chi connectivity index (χ4v) is 5.77. The van der Waals surface area contributed by atoms with Crippen molar-refractivity contribution in [1.29, 1.82) is 0 Å². The Hall–Kier alpha value is -2.19. The van der Waals surface area contributed by atoms with Gasteiger partial charge in [0.15, 0.2) is 0 Å². The van der Waals surface area contributed by atoms with Crippen molar-refractivity contribution >= 4 is 51.7 Å². The maximum absolute atomic E-state index is 13.5. The predicted octanol–water partition coefficient (Wildman–Crippen LogP) is 3.71. The minimum Gasteiger partial charge on any atom is -0.355 e. The van der Waals surface area contributed by atoms with Crippen molar-refractivity contribution in [3.63, 3.8) is 0 Å². The highest BCUT2D eigenvalue weighted by atomic mass is 32.2. The topological polar surface area (TPSA) is 57.9 Å². The van der Waals surface area contributed by atoms with Crippen molar-refractivity contribution < 1.29 is 4.79 Å². The Morgan fingerprint density at radius 3 is 2.60 bits per heavy atom. The minimum absolute atomic E-state index is 0.146. The molecule has 2 atom stereocenters. The number of nitrogens with zero attached hydrogens (tertiary/aromatic N) is 4. The lowest BCUT2D eigenvalue weighted by atomic mass is 9.91. The fraction of sp³-hybridized carbons (Fsp3) is 0.455. The molecule has 158 valence electrons. The quantitative estimate of drug-likeness (QED) is 0.534. The van der Waals surface area contributed by atoms with Gasteiger partial charge in [-0.25, -0.2) is 4.98 Å². The summed E-state index contributed by atoms with van der Waals surface area (Å²) < 4.78 is 2.10. The molecule has 0 aliphatic carbocycles. The third kappa shape index (κ3) is 3.67. The van der Waals surface area contributed by atoms with Crippen LogP contribution in [0.5, 0.6) is 0 Å². The molecule has 2 saturated heterocycles. The van der Waals surface area contributed by atoms with Crippen LogP contribution in [0.3, 0.4) is 0 Å². The first-order chi connectivity index (χ1) is 14.3. The van der Waals surface area contributed by atoms with Gasteiger partial charge >= 0.3 is 0 Å². The molecule has 0 saturated carbocycles. The molecule has 0 spiro atoms. The van der Waals surface area contributed by atoms with Crippen LogP contribution in [-0.2, 0) is 4.79 Å². The Balaban J connectivity index is 1.92. The zero-order chi connectivity index (χ0) is 21.6. The molecule has 30 heavy (non-hydrogen) atoms. The summed E-state index contributed by atoms with van der Waals surface area (Å²) in [6, 6.07) is 3.80. The second-order valence-electron chi connectivity index (χ2n) is 8.32. The number of carbonyl (C=O) groups excluding carboxylic acids is 1. The molecule has 8 heteroatoms. The average molecular weight is 443 g/mol. The standard InChI is InChI=1S/C22H26N4O2S2/c1-5-25-21(28)17(30-22(25)29)10-16-19(24-11-13(2)9-14(3)12-24)23-18-15(4)7-6-8-26(18)20(16)27/h6-8,10,13-14H,5,9,11-12H2,1-4H3/b17-10+/t13-,14+. The highest BCUT2D eigenvalue weighted by Gasteiger charge is 2.32. The van der Waals surface area contributed by atoms with Crippen LogP contribution in [-0.4, -0.2) is 44.1 Å². The molecule has 4 rings (SSSR count). The van der Waals surface area contributed by atoms with E-state index in [2.05, 4.69) is 18.7 Å². The third-order valence-corrected chi connectivity index (χ3v) is 7.08. The maximum Gasteiger partial charge on any atom is 0.267 e. The number of pyridine rings is 1. The van der Waals surface area contributed by atoms with Gasteiger partial charge in [0, 0.05) is 25.8 Å². The number of rotatable bonds is 3. The zero-order valence-corrected chi connectivity index (χ0v) is 19.3. The van der Waals surface area contributed by atoms with Crippen LogP contribution in [0.4, 0.5) is 5.82 Å². The van der Waals surface area contributed by atoms with Crippen molar-refractivity contribution in [2.75, 3.05) is 24.5 Å². The highest BCUT2D eigenvalue weighted by Crippen LogP contribution is 2.34. The van der Waals surface area contributed by atoms with E-state index in [0.717, 1.165) is 25.1 Å². The van der Waals surface area contributed by atoms with E-state index in [1.165, 1.54) is 11.8 Å². The van der Waals surface area contributed by atoms with E-state index >= 15 is 0 Å². The van der Waals surface area contributed by atoms with E-state index in [1.54, 1.807) is 21.6 Å². The van der Waals surface area contributed by atoms with Crippen molar-refractivity contribution in [2.24, 2.45) is 11.8 Å². The molecular formula is C22H26N4O2S2. The zero-order valence-electron chi connectivity index (χ0n) is 17.7. The van der Waals surface area contributed by atoms with E-state index in [0.29, 0.717) is 44.6 Å². The molecule has 0 unspecified atom stereocenters. The van der Waals surface area contributed by atoms with Gasteiger partial charge in [0.1, 0.15) is 15.8 Å². The number of thiocarbonyl (C=S) groups is 1. The van der Waals surface area contributed by atoms with E-state index < -0.39 is 0 Å². The van der Waals surface area contributed by atoms with Crippen LogP contribution in [0.15, 0.2) is 28.0 Å². The van der Waals surface area contributed by atoms with Crippen molar-refractivity contribution in [2.45, 2.75) is 34.1 Å². The summed E-state index contributed by atoms with van der Waals surface area (Å²) in [7, 11) is 0. The molecule has 2 aliphatic heterocycles. The molecule has 0 N–H and O–H groups in total. The first kappa shape index (κ1) is 21.1. The molecule has 4 heterocycles. The van der Waals surface area contributed by atoms with E-state index in [4.69, 9.17) is 17.2 Å². The molecule has 0 radical (unpaired) electrons. The maximum atomic E-state index is 13.5. The average Bonchev–Trinajstić information content (AvgIpc) is 2.96. The minimum atomic E-state index is -0.161. The number of amides is 1. The molecule has 1 amide bonds. The van der Waals surface area contributed by atoms with Gasteiger partial charge in [-0.15, -0.1) is 0 Å². The van der Waals surface area contributed by atoms with Crippen LogP contribution < -0.4 is 10.5 Å². The van der Waals surface area contributed by atoms with Gasteiger partial charge in [-0.05, 0) is 49.8 Å². The summed E-state index contributed by atoms with van der Waals surface area (Å²) >= 11 is 6.59. The Morgan fingerprint density at radius 1 is 1.27 bits per heavy atom. The Kier molecular flexibility index (Phi) is 5.72. The van der Waals surface area contributed by atoms with Gasteiger partial charge in [0.25, 0.3) is 11.5 Å². The second kappa shape index (κ2) is 8.15. The molecule has 2 fully saturated rings. The largest absolute Gasteiger partial charge is 0.355 e. The summed E-state index contributed by atoms with van der Waals surface area (Å²) in [6.45, 7) is 10.5. The Morgan fingerprint density at radius 2 is 1.97 bits per heavy atom. The number of hydrogen-bond donors (Lipinski definition) is 0. The number of aromatic nitrogens is 2. The Labute approximate surface area is 186 Å². The van der Waals surface area contributed by atoms with Crippen LogP contribution >= 0.6 is 24.0 Å². The van der Waals surface area contributed by atoms with E-state index in [-0.39, 0.29) is 11.5 Å². The van der Waals surface area contributed by atoms with Gasteiger partial charge < -0.3 is 4.90 Å². The number of likely N-dealkylation sites (N-methyl/N-ethyl adjacent to an activating group) is 1. The number of thioether (sulfide) groups is 1. The summed E-state index contributed by atoms with van der Waals surface area (Å²) in [5.74, 6) is 1.54. The van der Waals surface area contributed by atoms with Crippen LogP contribution in [0.1, 0.15) is 38.3 Å². The summed E-state index contributed by atoms with van der Waals surface area (Å²) in [5, 5.41) is 0. The fourth-order valence-electron chi connectivity index (χ4n) is 4.41. The number of anilines is 1. The Bertz CT molecular complexity index is 1110. The SMILES string of the molecule is CCN1C(=O)/C(=C\c2c(N3C[C@H](C)C[C@H](C)C3)nc3c(C)cccn3c2=O)SC1=S. The molecule has 2 aromatic rings. The number of carbonyl (C=O) groups is 1. The van der Waals surface area contributed by atoms with Gasteiger partial charge in [-0.3, -0.25) is 18.9 Å². The highest BCUT2D eigenvalue weighted by molar-refractivity contribution is 8.26. The van der Waals surface area contributed by atoms with Crippen LogP contribution in [0, 0.1) is 18.8 Å². The lowest BCUT2D eigenvalue weighted by molar-refractivity contribution is -0.121. The van der Waals surface area contributed by atoms with Crippen molar-refractivity contribution in [3.05, 3.63) is 44.7 Å². The monoisotopic (exact) mass is 442 g/mol. The first-order valence-electron chi connectivity index (χ1n) is 10.3. The van der Waals surface area contributed by atoms with E-state index in [1.807, 2.05) is 26.0 Å². The summed E-state index contributed by atoms with van der Waals surface area (Å²) in [4.78, 5) is 35.5. The lowest BCUT2D eigenvalue weighted by Crippen LogP contribution is -2.40. The van der Waals surface area contributed by atoms with Crippen molar-refractivity contribution in [3.8, 4) is 0 Å². The number of aryl methyl sites for hydroxylation is 1. The normalized spacial score (nSPS) is 23.8. The summed E-state index contributed by atoms with van der Waals surface area (Å²) in [5.41, 5.74) is 1.89. The van der Waals surface area contributed by atoms with Gasteiger partial charge in [0.05, 0.1) is 10.5 Å². The molecule has 6 nitrogen and oxygen atoms in total. The molecular weight excluding hydrogens is 416 g/mol. The number of piperidine rings is 1. The van der Waals surface area contributed by atoms with Gasteiger partial charge in [-0.1, -0.05) is 43.9 Å². The molecule has 0 aromatic carbocycles. The number of hydrogen-bond acceptors (Lipinski definition) is 6. The molecule has 2 aromatic heterocycles. The van der Waals surface area contributed by atoms with Crippen LogP contribution in [0.2, 0.25) is 0 Å². The second-order valence-corrected chi connectivity index (χ2v) is 9.99. The lowest BCUT2D eigenvalue weighted by Gasteiger charge is -2.36. The first-order valence-corrected chi connectivity index (χ1v) is 11.5. The number of fused-ring (bicyclic) bond motifs is 1. The smallest absolute Gasteiger partial charge is 0.267 e. The van der Waals surface area contributed by atoms with E-state index in [9.17, 15) is 9.59 Å². The third-order valence-electron chi connectivity index (χ3n) is 5.70.